The molecule has 60 valence electrons. The van der Waals surface area contributed by atoms with E-state index < -0.39 is 8.24 Å². The van der Waals surface area contributed by atoms with Crippen molar-refractivity contribution in [3.05, 3.63) is 0 Å². The Bertz CT molecular complexity index is 100. The van der Waals surface area contributed by atoms with Crippen LogP contribution in [0.3, 0.4) is 0 Å². The highest BCUT2D eigenvalue weighted by atomic mass is 28.3. The maximum Gasteiger partial charge on any atom is 0.315 e. The Hall–Kier alpha value is 0.669. The van der Waals surface area contributed by atoms with Gasteiger partial charge in [0.1, 0.15) is 0 Å². The van der Waals surface area contributed by atoms with E-state index >= 15 is 0 Å². The summed E-state index contributed by atoms with van der Waals surface area (Å²) in [7, 11) is 3.29. The summed E-state index contributed by atoms with van der Waals surface area (Å²) in [4.78, 5) is 2.24. The van der Waals surface area contributed by atoms with E-state index in [1.54, 1.807) is 0 Å². The molecule has 0 aliphatic rings. The van der Waals surface area contributed by atoms with Crippen LogP contribution in [0.25, 0.3) is 0 Å². The van der Waals surface area contributed by atoms with Crippen LogP contribution in [0.1, 0.15) is 0 Å². The van der Waals surface area contributed by atoms with Crippen molar-refractivity contribution >= 4 is 24.7 Å². The zero-order valence-electron chi connectivity index (χ0n) is 8.10. The molecule has 0 aliphatic heterocycles. The molecule has 0 saturated heterocycles. The first-order valence-electron chi connectivity index (χ1n) is 3.70. The van der Waals surface area contributed by atoms with E-state index in [4.69, 9.17) is 0 Å². The van der Waals surface area contributed by atoms with Crippen molar-refractivity contribution in [3.63, 3.8) is 0 Å². The maximum atomic E-state index is 2.59. The molecule has 0 N–H and O–H groups in total. The molecule has 0 rings (SSSR count). The second kappa shape index (κ2) is 3.89. The van der Waals surface area contributed by atoms with Gasteiger partial charge in [-0.3, -0.25) is 4.90 Å². The van der Waals surface area contributed by atoms with E-state index in [2.05, 4.69) is 42.2 Å². The molecule has 0 bridgehead atoms. The zero-order chi connectivity index (χ0) is 8.36. The maximum absolute atomic E-state index is 2.59. The molecule has 0 aromatic heterocycles. The number of hydrogen-bond donors (Lipinski definition) is 0. The van der Waals surface area contributed by atoms with Crippen LogP contribution in [0.5, 0.6) is 0 Å². The van der Waals surface area contributed by atoms with E-state index in [-0.39, 0.29) is 0 Å². The van der Waals surface area contributed by atoms with Crippen molar-refractivity contribution in [1.82, 2.24) is 8.45 Å². The van der Waals surface area contributed by atoms with E-state index in [0.29, 0.717) is 0 Å². The van der Waals surface area contributed by atoms with Crippen molar-refractivity contribution in [2.75, 3.05) is 20.8 Å². The SMILES string of the molecule is CN(C)C[N]([AlH2])[Si](C)(C)C. The molecule has 0 heterocycles. The van der Waals surface area contributed by atoms with Crippen molar-refractivity contribution in [3.8, 4) is 0 Å². The van der Waals surface area contributed by atoms with Gasteiger partial charge < -0.3 is 3.55 Å². The highest BCUT2D eigenvalue weighted by molar-refractivity contribution is 6.77. The molecule has 0 radical (unpaired) electrons. The standard InChI is InChI=1S/C6H17N2Si.Al.2H/c1-8(2)6-7-9(3,4)5;;;/h6H2,1-5H3;;;/q-1;+1;;. The number of nitrogens with zero attached hydrogens (tertiary/aromatic N) is 2. The molecule has 0 atom stereocenters. The van der Waals surface area contributed by atoms with Gasteiger partial charge in [-0.25, -0.2) is 0 Å². The predicted octanol–water partition coefficient (Wildman–Crippen LogP) is 0.190. The average Bonchev–Trinajstić information content (AvgIpc) is 1.60. The number of rotatable bonds is 3. The summed E-state index contributed by atoms with van der Waals surface area (Å²) < 4.78 is 2.59. The van der Waals surface area contributed by atoms with Crippen LogP contribution < -0.4 is 0 Å². The third-order valence-electron chi connectivity index (χ3n) is 1.64. The van der Waals surface area contributed by atoms with Gasteiger partial charge in [-0.1, -0.05) is 19.6 Å². The molecule has 0 saturated carbocycles. The summed E-state index contributed by atoms with van der Waals surface area (Å²) in [6.45, 7) is 8.32. The quantitative estimate of drug-likeness (QED) is 0.445. The molecule has 0 fully saturated rings. The van der Waals surface area contributed by atoms with Crippen LogP contribution in [0.15, 0.2) is 0 Å². The summed E-state index contributed by atoms with van der Waals surface area (Å²) in [6, 6.07) is 0. The van der Waals surface area contributed by atoms with E-state index in [1.165, 1.54) is 16.5 Å². The molecule has 10 heavy (non-hydrogen) atoms. The van der Waals surface area contributed by atoms with Crippen LogP contribution in [-0.2, 0) is 0 Å². The van der Waals surface area contributed by atoms with E-state index in [1.807, 2.05) is 0 Å². The van der Waals surface area contributed by atoms with Gasteiger partial charge in [-0.05, 0) is 14.1 Å². The fourth-order valence-electron chi connectivity index (χ4n) is 0.636. The van der Waals surface area contributed by atoms with Gasteiger partial charge in [0.25, 0.3) is 0 Å². The van der Waals surface area contributed by atoms with Gasteiger partial charge in [-0.2, -0.15) is 0 Å². The lowest BCUT2D eigenvalue weighted by Gasteiger charge is -2.33. The fourth-order valence-corrected chi connectivity index (χ4v) is 1.91. The molecule has 0 aromatic carbocycles. The Labute approximate surface area is 73.9 Å². The predicted molar refractivity (Wildman–Crippen MR) is 52.3 cm³/mol. The molecule has 0 aromatic rings. The normalized spacial score (nSPS) is 13.1. The Morgan fingerprint density at radius 3 is 1.70 bits per heavy atom. The third-order valence-corrected chi connectivity index (χ3v) is 8.38. The van der Waals surface area contributed by atoms with Crippen molar-refractivity contribution < 1.29 is 0 Å². The lowest BCUT2D eigenvalue weighted by Crippen LogP contribution is -2.48. The summed E-state index contributed by atoms with van der Waals surface area (Å²) >= 11 is 1.20. The van der Waals surface area contributed by atoms with Crippen LogP contribution >= 0.6 is 0 Å². The van der Waals surface area contributed by atoms with Gasteiger partial charge in [0, 0.05) is 6.67 Å². The van der Waals surface area contributed by atoms with Gasteiger partial charge in [0.15, 0.2) is 0 Å². The first kappa shape index (κ1) is 10.7. The summed E-state index contributed by atoms with van der Waals surface area (Å²) in [5.41, 5.74) is 0. The van der Waals surface area contributed by atoms with E-state index in [9.17, 15) is 0 Å². The van der Waals surface area contributed by atoms with Crippen LogP contribution in [0.4, 0.5) is 0 Å². The summed E-state index contributed by atoms with van der Waals surface area (Å²) in [6.07, 6.45) is 0. The molecule has 0 spiro atoms. The largest absolute Gasteiger partial charge is 0.401 e. The van der Waals surface area contributed by atoms with Crippen molar-refractivity contribution in [1.29, 1.82) is 0 Å². The van der Waals surface area contributed by atoms with Gasteiger partial charge in [-0.15, -0.1) is 0 Å². The minimum absolute atomic E-state index is 0.970. The first-order chi connectivity index (χ1) is 4.34. The molecule has 0 amide bonds. The highest BCUT2D eigenvalue weighted by Crippen LogP contribution is 2.04. The fraction of sp³-hybridized carbons (Fsp3) is 1.00. The van der Waals surface area contributed by atoms with Crippen molar-refractivity contribution in [2.24, 2.45) is 0 Å². The first-order valence-corrected chi connectivity index (χ1v) is 8.04. The van der Waals surface area contributed by atoms with Gasteiger partial charge >= 0.3 is 16.5 Å². The van der Waals surface area contributed by atoms with Gasteiger partial charge in [0.2, 0.25) is 0 Å². The van der Waals surface area contributed by atoms with Crippen molar-refractivity contribution in [2.45, 2.75) is 19.6 Å². The lowest BCUT2D eigenvalue weighted by atomic mass is 10.9. The Morgan fingerprint density at radius 1 is 1.20 bits per heavy atom. The minimum atomic E-state index is -0.970. The molecular formula is C6H19AlN2Si. The smallest absolute Gasteiger partial charge is 0.315 e. The molecule has 4 heteroatoms. The second-order valence-electron chi connectivity index (χ2n) is 4.09. The average molecular weight is 174 g/mol. The molecular weight excluding hydrogens is 155 g/mol. The Kier molecular flexibility index (Phi) is 4.15. The van der Waals surface area contributed by atoms with E-state index in [0.717, 1.165) is 6.67 Å². The molecule has 0 unspecified atom stereocenters. The molecule has 2 nitrogen and oxygen atoms in total. The van der Waals surface area contributed by atoms with Crippen LogP contribution in [-0.4, -0.2) is 54.0 Å². The Morgan fingerprint density at radius 2 is 1.60 bits per heavy atom. The van der Waals surface area contributed by atoms with Gasteiger partial charge in [0.05, 0.1) is 8.24 Å². The molecule has 0 aliphatic carbocycles. The topological polar surface area (TPSA) is 6.48 Å². The van der Waals surface area contributed by atoms with Crippen LogP contribution in [0, 0.1) is 0 Å². The lowest BCUT2D eigenvalue weighted by molar-refractivity contribution is 0.339. The zero-order valence-corrected chi connectivity index (χ0v) is 11.1. The highest BCUT2D eigenvalue weighted by Gasteiger charge is 2.18. The number of hydrogen-bond acceptors (Lipinski definition) is 2. The third kappa shape index (κ3) is 4.48. The monoisotopic (exact) mass is 174 g/mol. The Balaban J connectivity index is 3.73. The summed E-state index contributed by atoms with van der Waals surface area (Å²) in [5.74, 6) is 0. The second-order valence-corrected chi connectivity index (χ2v) is 11.2. The summed E-state index contributed by atoms with van der Waals surface area (Å²) in [5, 5.41) is 0. The minimum Gasteiger partial charge on any atom is -0.401 e. The van der Waals surface area contributed by atoms with Crippen LogP contribution in [0.2, 0.25) is 19.6 Å².